The number of benzene rings is 3. The number of nitrogens with one attached hydrogen (secondary N) is 1. The third kappa shape index (κ3) is 7.59. The van der Waals surface area contributed by atoms with Gasteiger partial charge < -0.3 is 24.6 Å². The summed E-state index contributed by atoms with van der Waals surface area (Å²) in [5.41, 5.74) is 1.71. The van der Waals surface area contributed by atoms with Gasteiger partial charge >= 0.3 is 0 Å². The number of nitro benzene ring substituents is 1. The highest BCUT2D eigenvalue weighted by atomic mass is 32.2. The van der Waals surface area contributed by atoms with Gasteiger partial charge in [0.25, 0.3) is 22.7 Å². The number of rotatable bonds is 10. The van der Waals surface area contributed by atoms with Crippen LogP contribution in [-0.4, -0.2) is 84.1 Å². The second kappa shape index (κ2) is 13.9. The van der Waals surface area contributed by atoms with Crippen LogP contribution < -0.4 is 19.7 Å². The summed E-state index contributed by atoms with van der Waals surface area (Å²) in [7, 11) is 1.41. The number of ether oxygens (including phenoxy) is 2. The number of piperazine rings is 1. The number of para-hydroxylation sites is 1. The summed E-state index contributed by atoms with van der Waals surface area (Å²) in [6, 6.07) is 20.2. The Labute approximate surface area is 262 Å². The summed E-state index contributed by atoms with van der Waals surface area (Å²) >= 11 is 0.751. The highest BCUT2D eigenvalue weighted by Gasteiger charge is 2.37. The molecule has 2 fully saturated rings. The molecule has 45 heavy (non-hydrogen) atoms. The van der Waals surface area contributed by atoms with Gasteiger partial charge in [-0.25, -0.2) is 0 Å². The summed E-state index contributed by atoms with van der Waals surface area (Å²) in [5.74, 6) is -0.865. The first-order valence-corrected chi connectivity index (χ1v) is 14.7. The van der Waals surface area contributed by atoms with E-state index < -0.39 is 28.6 Å². The van der Waals surface area contributed by atoms with Crippen LogP contribution in [0.4, 0.5) is 21.9 Å². The Kier molecular flexibility index (Phi) is 9.63. The Hall–Kier alpha value is -5.37. The molecule has 14 heteroatoms. The fourth-order valence-electron chi connectivity index (χ4n) is 4.81. The van der Waals surface area contributed by atoms with Crippen LogP contribution in [0, 0.1) is 10.1 Å². The van der Waals surface area contributed by atoms with E-state index in [1.807, 2.05) is 30.3 Å². The fourth-order valence-corrected chi connectivity index (χ4v) is 5.64. The molecule has 3 aromatic rings. The van der Waals surface area contributed by atoms with Crippen molar-refractivity contribution in [1.29, 1.82) is 0 Å². The minimum absolute atomic E-state index is 0.159. The Morgan fingerprint density at radius 3 is 2.44 bits per heavy atom. The topological polar surface area (TPSA) is 152 Å². The molecule has 0 radical (unpaired) electrons. The van der Waals surface area contributed by atoms with Crippen molar-refractivity contribution in [2.45, 2.75) is 0 Å². The van der Waals surface area contributed by atoms with E-state index in [9.17, 15) is 29.3 Å². The standard InChI is InChI=1S/C31H29N5O8S/c1-43-26-16-21(10-11-25(26)44-20-28(37)32-22-6-5-9-24(18-22)36(41)42)17-27-30(39)35(31(40)45-27)19-29(38)34-14-12-33(13-15-34)23-7-3-2-4-8-23/h2-11,16-18H,12-15,19-20H2,1H3,(H,32,37)/b27-17-. The molecule has 2 aliphatic heterocycles. The average Bonchev–Trinajstić information content (AvgIpc) is 3.31. The van der Waals surface area contributed by atoms with E-state index in [1.54, 1.807) is 23.1 Å². The molecule has 2 heterocycles. The Balaban J connectivity index is 1.16. The van der Waals surface area contributed by atoms with Crippen molar-refractivity contribution in [2.24, 2.45) is 0 Å². The molecule has 2 saturated heterocycles. The largest absolute Gasteiger partial charge is 0.493 e. The van der Waals surface area contributed by atoms with Crippen LogP contribution in [0.1, 0.15) is 5.56 Å². The first-order valence-electron chi connectivity index (χ1n) is 13.9. The first-order chi connectivity index (χ1) is 21.7. The Morgan fingerprint density at radius 2 is 1.73 bits per heavy atom. The molecule has 1 N–H and O–H groups in total. The third-order valence-corrected chi connectivity index (χ3v) is 8.01. The zero-order chi connectivity index (χ0) is 31.9. The van der Waals surface area contributed by atoms with Gasteiger partial charge in [-0.05, 0) is 53.7 Å². The quantitative estimate of drug-likeness (QED) is 0.197. The van der Waals surface area contributed by atoms with Crippen molar-refractivity contribution in [2.75, 3.05) is 56.7 Å². The SMILES string of the molecule is COc1cc(/C=C2\SC(=O)N(CC(=O)N3CCN(c4ccccc4)CC3)C2=O)ccc1OCC(=O)Nc1cccc([N+](=O)[O-])c1. The number of amides is 4. The maximum Gasteiger partial charge on any atom is 0.294 e. The Morgan fingerprint density at radius 1 is 0.978 bits per heavy atom. The summed E-state index contributed by atoms with van der Waals surface area (Å²) in [5, 5.41) is 13.0. The zero-order valence-electron chi connectivity index (χ0n) is 24.2. The molecule has 2 aliphatic rings. The van der Waals surface area contributed by atoms with Gasteiger partial charge in [0.2, 0.25) is 5.91 Å². The molecule has 0 spiro atoms. The number of anilines is 2. The van der Waals surface area contributed by atoms with Gasteiger partial charge in [-0.15, -0.1) is 0 Å². The van der Waals surface area contributed by atoms with Gasteiger partial charge in [-0.2, -0.15) is 0 Å². The van der Waals surface area contributed by atoms with Crippen molar-refractivity contribution in [1.82, 2.24) is 9.80 Å². The van der Waals surface area contributed by atoms with Gasteiger partial charge in [-0.3, -0.25) is 34.2 Å². The van der Waals surface area contributed by atoms with E-state index in [1.165, 1.54) is 37.5 Å². The van der Waals surface area contributed by atoms with Crippen molar-refractivity contribution in [3.8, 4) is 11.5 Å². The van der Waals surface area contributed by atoms with Crippen molar-refractivity contribution in [3.05, 3.63) is 93.4 Å². The summed E-state index contributed by atoms with van der Waals surface area (Å²) in [6.45, 7) is 1.56. The van der Waals surface area contributed by atoms with E-state index in [4.69, 9.17) is 9.47 Å². The molecule has 0 saturated carbocycles. The van der Waals surface area contributed by atoms with Crippen molar-refractivity contribution >= 4 is 57.9 Å². The average molecular weight is 632 g/mol. The number of methoxy groups -OCH3 is 1. The van der Waals surface area contributed by atoms with Crippen LogP contribution in [-0.2, 0) is 14.4 Å². The van der Waals surface area contributed by atoms with E-state index in [2.05, 4.69) is 10.2 Å². The lowest BCUT2D eigenvalue weighted by molar-refractivity contribution is -0.384. The highest BCUT2D eigenvalue weighted by molar-refractivity contribution is 8.18. The lowest BCUT2D eigenvalue weighted by Gasteiger charge is -2.36. The van der Waals surface area contributed by atoms with Gasteiger partial charge in [0.15, 0.2) is 18.1 Å². The number of imide groups is 1. The first kappa shape index (κ1) is 31.1. The van der Waals surface area contributed by atoms with Crippen LogP contribution in [0.15, 0.2) is 77.7 Å². The minimum atomic E-state index is -0.562. The molecule has 13 nitrogen and oxygen atoms in total. The summed E-state index contributed by atoms with van der Waals surface area (Å²) in [4.78, 5) is 66.4. The van der Waals surface area contributed by atoms with Crippen LogP contribution in [0.3, 0.4) is 0 Å². The second-order valence-corrected chi connectivity index (χ2v) is 11.0. The van der Waals surface area contributed by atoms with Crippen molar-refractivity contribution in [3.63, 3.8) is 0 Å². The highest BCUT2D eigenvalue weighted by Crippen LogP contribution is 2.34. The number of thioether (sulfide) groups is 1. The lowest BCUT2D eigenvalue weighted by atomic mass is 10.2. The molecule has 0 atom stereocenters. The number of nitrogens with zero attached hydrogens (tertiary/aromatic N) is 4. The number of nitro groups is 1. The number of carbonyl (C=O) groups is 4. The molecular weight excluding hydrogens is 602 g/mol. The van der Waals surface area contributed by atoms with E-state index in [0.29, 0.717) is 31.7 Å². The second-order valence-electron chi connectivity index (χ2n) is 10.0. The predicted molar refractivity (Wildman–Crippen MR) is 168 cm³/mol. The maximum atomic E-state index is 13.1. The maximum absolute atomic E-state index is 13.1. The number of hydrogen-bond donors (Lipinski definition) is 1. The van der Waals surface area contributed by atoms with Crippen LogP contribution in [0.5, 0.6) is 11.5 Å². The normalized spacial score (nSPS) is 15.8. The monoisotopic (exact) mass is 631 g/mol. The van der Waals surface area contributed by atoms with E-state index in [-0.39, 0.29) is 40.2 Å². The molecule has 5 rings (SSSR count). The molecule has 4 amide bonds. The summed E-state index contributed by atoms with van der Waals surface area (Å²) < 4.78 is 11.0. The molecule has 3 aromatic carbocycles. The molecular formula is C31H29N5O8S. The van der Waals surface area contributed by atoms with E-state index >= 15 is 0 Å². The zero-order valence-corrected chi connectivity index (χ0v) is 25.0. The predicted octanol–water partition coefficient (Wildman–Crippen LogP) is 4.01. The summed E-state index contributed by atoms with van der Waals surface area (Å²) in [6.07, 6.45) is 1.52. The van der Waals surface area contributed by atoms with Crippen LogP contribution in [0.25, 0.3) is 6.08 Å². The van der Waals surface area contributed by atoms with Crippen LogP contribution >= 0.6 is 11.8 Å². The Bertz CT molecular complexity index is 1660. The fraction of sp³-hybridized carbons (Fsp3) is 0.226. The van der Waals surface area contributed by atoms with Gasteiger partial charge in [-0.1, -0.05) is 30.3 Å². The van der Waals surface area contributed by atoms with Crippen LogP contribution in [0.2, 0.25) is 0 Å². The van der Waals surface area contributed by atoms with Gasteiger partial charge in [0.1, 0.15) is 6.54 Å². The lowest BCUT2D eigenvalue weighted by Crippen LogP contribution is -2.51. The molecule has 0 unspecified atom stereocenters. The number of non-ortho nitro benzene ring substituents is 1. The molecule has 0 aromatic heterocycles. The van der Waals surface area contributed by atoms with Crippen molar-refractivity contribution < 1.29 is 33.6 Å². The molecule has 0 aliphatic carbocycles. The molecule has 232 valence electrons. The molecule has 0 bridgehead atoms. The smallest absolute Gasteiger partial charge is 0.294 e. The number of hydrogen-bond acceptors (Lipinski definition) is 10. The minimum Gasteiger partial charge on any atom is -0.493 e. The third-order valence-electron chi connectivity index (χ3n) is 7.11. The van der Waals surface area contributed by atoms with E-state index in [0.717, 1.165) is 22.3 Å². The van der Waals surface area contributed by atoms with Gasteiger partial charge in [0.05, 0.1) is 16.9 Å². The number of carbonyl (C=O) groups excluding carboxylic acids is 4. The van der Waals surface area contributed by atoms with Gasteiger partial charge in [0, 0.05) is 49.7 Å².